The fourth-order valence-corrected chi connectivity index (χ4v) is 5.67. The molecule has 2 N–H and O–H groups in total. The largest absolute Gasteiger partial charge is 0.465 e. The monoisotopic (exact) mass is 428 g/mol. The summed E-state index contributed by atoms with van der Waals surface area (Å²) < 4.78 is 17.4. The lowest BCUT2D eigenvalue weighted by Crippen LogP contribution is -2.48. The first-order valence-electron chi connectivity index (χ1n) is 10.2. The molecule has 2 aromatic rings. The van der Waals surface area contributed by atoms with Crippen molar-refractivity contribution in [2.45, 2.75) is 49.2 Å². The van der Waals surface area contributed by atoms with Gasteiger partial charge in [0.05, 0.1) is 41.3 Å². The fraction of sp³-hybridized carbons (Fsp3) is 0.476. The molecule has 0 saturated heterocycles. The lowest BCUT2D eigenvalue weighted by Gasteiger charge is -2.41. The number of aryl methyl sites for hydroxylation is 1. The summed E-state index contributed by atoms with van der Waals surface area (Å²) in [6, 6.07) is 5.58. The van der Waals surface area contributed by atoms with Crippen molar-refractivity contribution in [1.29, 1.82) is 0 Å². The highest BCUT2D eigenvalue weighted by Crippen LogP contribution is 2.39. The number of carbonyl (C=O) groups is 1. The predicted molar refractivity (Wildman–Crippen MR) is 112 cm³/mol. The zero-order valence-corrected chi connectivity index (χ0v) is 17.6. The molecule has 0 spiro atoms. The van der Waals surface area contributed by atoms with E-state index in [0.29, 0.717) is 47.5 Å². The van der Waals surface area contributed by atoms with Gasteiger partial charge in [0, 0.05) is 25.3 Å². The summed E-state index contributed by atoms with van der Waals surface area (Å²) in [6.07, 6.45) is 3.46. The van der Waals surface area contributed by atoms with Crippen LogP contribution in [0.4, 0.5) is 11.8 Å². The Morgan fingerprint density at radius 1 is 1.30 bits per heavy atom. The molecule has 3 heterocycles. The van der Waals surface area contributed by atoms with Gasteiger partial charge in [0.15, 0.2) is 0 Å². The van der Waals surface area contributed by atoms with Crippen molar-refractivity contribution in [3.63, 3.8) is 0 Å². The second kappa shape index (κ2) is 7.31. The van der Waals surface area contributed by atoms with Crippen LogP contribution in [0, 0.1) is 0 Å². The van der Waals surface area contributed by atoms with E-state index in [1.165, 1.54) is 7.11 Å². The number of hydrogen-bond donors (Lipinski definition) is 2. The van der Waals surface area contributed by atoms with Gasteiger partial charge in [0.1, 0.15) is 10.7 Å². The minimum absolute atomic E-state index is 0.0270. The van der Waals surface area contributed by atoms with Gasteiger partial charge in [-0.25, -0.2) is 9.78 Å². The van der Waals surface area contributed by atoms with Crippen LogP contribution in [0.1, 0.15) is 46.4 Å². The van der Waals surface area contributed by atoms with Gasteiger partial charge in [-0.1, -0.05) is 6.07 Å². The third kappa shape index (κ3) is 3.16. The standard InChI is InChI=1S/C21H24N4O4S/c1-29-19(27)13-3-4-14-10-25(11-15(14)9-13)20-22-16-5-8-30(28)17(16)18(23-20)24-21(12-26)6-2-7-21/h3-4,9,26H,2,5-8,10-12H2,1H3,(H,22,23,24)/t30-/m1/s1. The van der Waals surface area contributed by atoms with Gasteiger partial charge in [-0.15, -0.1) is 0 Å². The number of benzene rings is 1. The smallest absolute Gasteiger partial charge is 0.337 e. The number of nitrogens with one attached hydrogen (secondary N) is 1. The number of aliphatic hydroxyl groups excluding tert-OH is 1. The van der Waals surface area contributed by atoms with Crippen LogP contribution in [-0.4, -0.2) is 50.3 Å². The molecule has 3 aliphatic rings. The Hall–Kier alpha value is -2.52. The quantitative estimate of drug-likeness (QED) is 0.695. The SMILES string of the molecule is COC(=O)c1ccc2c(c1)CN(c1nc3c(c(NC4(CO)CCC4)n1)[S@](=O)CC3)C2. The highest BCUT2D eigenvalue weighted by molar-refractivity contribution is 7.85. The highest BCUT2D eigenvalue weighted by atomic mass is 32.2. The van der Waals surface area contributed by atoms with Crippen LogP contribution in [0.5, 0.6) is 0 Å². The molecule has 0 radical (unpaired) electrons. The molecule has 1 aromatic carbocycles. The van der Waals surface area contributed by atoms with Crippen LogP contribution in [0.25, 0.3) is 0 Å². The second-order valence-electron chi connectivity index (χ2n) is 8.20. The van der Waals surface area contributed by atoms with Crippen molar-refractivity contribution in [3.05, 3.63) is 40.6 Å². The van der Waals surface area contributed by atoms with E-state index in [-0.39, 0.29) is 18.1 Å². The molecule has 2 aliphatic heterocycles. The van der Waals surface area contributed by atoms with E-state index in [0.717, 1.165) is 36.1 Å². The number of fused-ring (bicyclic) bond motifs is 2. The van der Waals surface area contributed by atoms with Crippen LogP contribution in [-0.2, 0) is 35.0 Å². The topological polar surface area (TPSA) is 105 Å². The van der Waals surface area contributed by atoms with E-state index in [4.69, 9.17) is 14.7 Å². The maximum absolute atomic E-state index is 12.6. The Kier molecular flexibility index (Phi) is 4.74. The molecular weight excluding hydrogens is 404 g/mol. The molecule has 0 amide bonds. The molecule has 1 atom stereocenters. The number of aliphatic hydroxyl groups is 1. The van der Waals surface area contributed by atoms with E-state index in [1.807, 2.05) is 12.1 Å². The Morgan fingerprint density at radius 2 is 2.10 bits per heavy atom. The number of rotatable bonds is 5. The van der Waals surface area contributed by atoms with Gasteiger partial charge in [-0.05, 0) is 42.5 Å². The van der Waals surface area contributed by atoms with Crippen molar-refractivity contribution in [3.8, 4) is 0 Å². The molecule has 0 bridgehead atoms. The average molecular weight is 429 g/mol. The lowest BCUT2D eigenvalue weighted by molar-refractivity contribution is 0.0600. The number of esters is 1. The number of methoxy groups -OCH3 is 1. The first-order valence-corrected chi connectivity index (χ1v) is 11.5. The zero-order valence-electron chi connectivity index (χ0n) is 16.8. The number of ether oxygens (including phenoxy) is 1. The van der Waals surface area contributed by atoms with Gasteiger partial charge in [0.2, 0.25) is 5.95 Å². The summed E-state index contributed by atoms with van der Waals surface area (Å²) in [5, 5.41) is 13.3. The fourth-order valence-electron chi connectivity index (χ4n) is 4.37. The summed E-state index contributed by atoms with van der Waals surface area (Å²) in [5.41, 5.74) is 3.14. The van der Waals surface area contributed by atoms with E-state index in [2.05, 4.69) is 10.2 Å². The Balaban J connectivity index is 1.47. The van der Waals surface area contributed by atoms with E-state index < -0.39 is 10.8 Å². The Bertz CT molecular complexity index is 1050. The van der Waals surface area contributed by atoms with Gasteiger partial charge >= 0.3 is 5.97 Å². The molecule has 158 valence electrons. The van der Waals surface area contributed by atoms with E-state index in [9.17, 15) is 14.1 Å². The molecule has 1 saturated carbocycles. The molecule has 8 nitrogen and oxygen atoms in total. The number of anilines is 2. The summed E-state index contributed by atoms with van der Waals surface area (Å²) in [6.45, 7) is 1.26. The Morgan fingerprint density at radius 3 is 2.80 bits per heavy atom. The van der Waals surface area contributed by atoms with E-state index in [1.54, 1.807) is 6.07 Å². The highest BCUT2D eigenvalue weighted by Gasteiger charge is 2.39. The molecule has 9 heteroatoms. The van der Waals surface area contributed by atoms with Crippen LogP contribution in [0.3, 0.4) is 0 Å². The lowest BCUT2D eigenvalue weighted by atomic mass is 9.77. The maximum atomic E-state index is 12.6. The molecule has 5 rings (SSSR count). The molecule has 1 aromatic heterocycles. The van der Waals surface area contributed by atoms with E-state index >= 15 is 0 Å². The van der Waals surface area contributed by atoms with Gasteiger partial charge in [0.25, 0.3) is 0 Å². The van der Waals surface area contributed by atoms with Crippen molar-refractivity contribution in [2.75, 3.05) is 29.7 Å². The van der Waals surface area contributed by atoms with Crippen molar-refractivity contribution >= 4 is 28.5 Å². The predicted octanol–water partition coefficient (Wildman–Crippen LogP) is 1.77. The van der Waals surface area contributed by atoms with Gasteiger partial charge in [-0.3, -0.25) is 4.21 Å². The summed E-state index contributed by atoms with van der Waals surface area (Å²) >= 11 is 0. The number of nitrogens with zero attached hydrogens (tertiary/aromatic N) is 3. The van der Waals surface area contributed by atoms with Crippen LogP contribution < -0.4 is 10.2 Å². The second-order valence-corrected chi connectivity index (χ2v) is 9.70. The minimum atomic E-state index is -1.12. The average Bonchev–Trinajstić information content (AvgIpc) is 3.33. The molecule has 1 fully saturated rings. The number of hydrogen-bond acceptors (Lipinski definition) is 8. The Labute approximate surface area is 177 Å². The van der Waals surface area contributed by atoms with Crippen LogP contribution in [0.2, 0.25) is 0 Å². The molecule has 1 aliphatic carbocycles. The van der Waals surface area contributed by atoms with Crippen molar-refractivity contribution < 1.29 is 18.8 Å². The minimum Gasteiger partial charge on any atom is -0.465 e. The van der Waals surface area contributed by atoms with Gasteiger partial charge in [-0.2, -0.15) is 4.98 Å². The zero-order chi connectivity index (χ0) is 20.9. The normalized spacial score (nSPS) is 21.0. The molecule has 0 unspecified atom stereocenters. The summed E-state index contributed by atoms with van der Waals surface area (Å²) in [7, 11) is 0.253. The summed E-state index contributed by atoms with van der Waals surface area (Å²) in [5.74, 6) is 1.37. The first kappa shape index (κ1) is 19.4. The van der Waals surface area contributed by atoms with Crippen molar-refractivity contribution in [2.24, 2.45) is 0 Å². The number of aromatic nitrogens is 2. The molecular formula is C21H24N4O4S. The molecule has 30 heavy (non-hydrogen) atoms. The van der Waals surface area contributed by atoms with Crippen LogP contribution >= 0.6 is 0 Å². The maximum Gasteiger partial charge on any atom is 0.337 e. The van der Waals surface area contributed by atoms with Crippen molar-refractivity contribution in [1.82, 2.24) is 9.97 Å². The third-order valence-electron chi connectivity index (χ3n) is 6.31. The third-order valence-corrected chi connectivity index (χ3v) is 7.76. The first-order chi connectivity index (χ1) is 14.5. The number of carbonyl (C=O) groups excluding carboxylic acids is 1. The summed E-state index contributed by atoms with van der Waals surface area (Å²) in [4.78, 5) is 24.1. The van der Waals surface area contributed by atoms with Gasteiger partial charge < -0.3 is 20.1 Å². The van der Waals surface area contributed by atoms with Crippen LogP contribution in [0.15, 0.2) is 23.1 Å².